The Hall–Kier alpha value is -1.03. The fourth-order valence-corrected chi connectivity index (χ4v) is 2.67. The number of rotatable bonds is 3. The van der Waals surface area contributed by atoms with Crippen molar-refractivity contribution in [3.05, 3.63) is 11.5 Å². The van der Waals surface area contributed by atoms with Gasteiger partial charge in [0.05, 0.1) is 11.6 Å². The minimum Gasteiger partial charge on any atom is -0.306 e. The topological polar surface area (TPSA) is 35.6 Å². The lowest BCUT2D eigenvalue weighted by Gasteiger charge is -2.15. The number of fused-ring (bicyclic) bond motifs is 1. The van der Waals surface area contributed by atoms with Crippen molar-refractivity contribution in [1.29, 1.82) is 0 Å². The molecule has 0 atom stereocenters. The molecule has 0 bridgehead atoms. The minimum absolute atomic E-state index is 0.207. The Kier molecular flexibility index (Phi) is 2.27. The van der Waals surface area contributed by atoms with Crippen LogP contribution in [0.2, 0.25) is 0 Å². The molecule has 0 spiro atoms. The summed E-state index contributed by atoms with van der Waals surface area (Å²) in [5.41, 5.74) is 3.35. The number of aryl methyl sites for hydroxylation is 2. The van der Waals surface area contributed by atoms with Gasteiger partial charge in [-0.15, -0.1) is 11.6 Å². The average molecular weight is 253 g/mol. The Labute approximate surface area is 106 Å². The lowest BCUT2D eigenvalue weighted by atomic mass is 10.3. The molecule has 1 aliphatic rings. The Morgan fingerprint density at radius 1 is 1.41 bits per heavy atom. The van der Waals surface area contributed by atoms with Crippen molar-refractivity contribution in [3.8, 4) is 0 Å². The van der Waals surface area contributed by atoms with Gasteiger partial charge in [-0.1, -0.05) is 0 Å². The molecule has 0 saturated heterocycles. The van der Waals surface area contributed by atoms with Crippen molar-refractivity contribution in [2.24, 2.45) is 0 Å². The molecule has 0 amide bonds. The summed E-state index contributed by atoms with van der Waals surface area (Å²) in [5.74, 6) is 1.44. The van der Waals surface area contributed by atoms with Gasteiger partial charge in [-0.2, -0.15) is 5.10 Å². The van der Waals surface area contributed by atoms with Gasteiger partial charge in [0, 0.05) is 12.1 Å². The lowest BCUT2D eigenvalue weighted by molar-refractivity contribution is 0.510. The molecule has 3 rings (SSSR count). The second-order valence-corrected chi connectivity index (χ2v) is 5.33. The van der Waals surface area contributed by atoms with Crippen molar-refractivity contribution in [2.45, 2.75) is 51.6 Å². The first-order valence-corrected chi connectivity index (χ1v) is 6.65. The summed E-state index contributed by atoms with van der Waals surface area (Å²) < 4.78 is 4.34. The molecule has 0 N–H and O–H groups in total. The lowest BCUT2D eigenvalue weighted by Crippen LogP contribution is -2.17. The van der Waals surface area contributed by atoms with E-state index in [4.69, 9.17) is 11.6 Å². The summed E-state index contributed by atoms with van der Waals surface area (Å²) in [4.78, 5) is 4.65. The van der Waals surface area contributed by atoms with E-state index < -0.39 is 0 Å². The predicted octanol–water partition coefficient (Wildman–Crippen LogP) is 2.81. The van der Waals surface area contributed by atoms with Crippen molar-refractivity contribution >= 4 is 22.8 Å². The number of hydrogen-bond acceptors (Lipinski definition) is 2. The van der Waals surface area contributed by atoms with Crippen LogP contribution in [0.5, 0.6) is 0 Å². The third kappa shape index (κ3) is 1.43. The van der Waals surface area contributed by atoms with E-state index >= 15 is 0 Å². The van der Waals surface area contributed by atoms with Crippen molar-refractivity contribution < 1.29 is 0 Å². The molecule has 1 fully saturated rings. The summed E-state index contributed by atoms with van der Waals surface area (Å²) in [7, 11) is 0. The molecule has 5 heteroatoms. The highest BCUT2D eigenvalue weighted by molar-refractivity contribution is 6.16. The highest BCUT2D eigenvalue weighted by atomic mass is 35.5. The van der Waals surface area contributed by atoms with Crippen molar-refractivity contribution in [3.63, 3.8) is 0 Å². The van der Waals surface area contributed by atoms with Crippen LogP contribution in [0.1, 0.15) is 38.2 Å². The number of halogens is 1. The van der Waals surface area contributed by atoms with Crippen LogP contribution in [0.4, 0.5) is 0 Å². The zero-order chi connectivity index (χ0) is 12.2. The maximum absolute atomic E-state index is 6.03. The normalized spacial score (nSPS) is 17.9. The first-order chi connectivity index (χ1) is 8.10. The number of hydrogen-bond donors (Lipinski definition) is 0. The highest BCUT2D eigenvalue weighted by Crippen LogP contribution is 2.46. The Bertz CT molecular complexity index is 577. The van der Waals surface area contributed by atoms with E-state index in [1.165, 1.54) is 12.8 Å². The van der Waals surface area contributed by atoms with E-state index in [0.717, 1.165) is 29.2 Å². The van der Waals surface area contributed by atoms with Gasteiger partial charge in [0.1, 0.15) is 11.3 Å². The van der Waals surface area contributed by atoms with Crippen LogP contribution in [0.15, 0.2) is 0 Å². The largest absolute Gasteiger partial charge is 0.306 e. The molecule has 4 nitrogen and oxygen atoms in total. The van der Waals surface area contributed by atoms with Gasteiger partial charge < -0.3 is 4.57 Å². The van der Waals surface area contributed by atoms with E-state index in [0.29, 0.717) is 5.88 Å². The van der Waals surface area contributed by atoms with Crippen LogP contribution in [-0.4, -0.2) is 19.3 Å². The average Bonchev–Trinajstić information content (AvgIpc) is 2.83. The molecule has 0 unspecified atom stereocenters. The number of aromatic nitrogens is 4. The minimum atomic E-state index is 0.207. The maximum atomic E-state index is 6.03. The number of imidazole rings is 1. The molecule has 0 radical (unpaired) electrons. The molecule has 2 heterocycles. The summed E-state index contributed by atoms with van der Waals surface area (Å²) in [5, 5.41) is 4.54. The number of alkyl halides is 1. The fraction of sp³-hybridized carbons (Fsp3) is 0.667. The van der Waals surface area contributed by atoms with Crippen LogP contribution in [0.3, 0.4) is 0 Å². The summed E-state index contributed by atoms with van der Waals surface area (Å²) in [6.45, 7) is 7.26. The fourth-order valence-electron chi connectivity index (χ4n) is 2.50. The third-order valence-electron chi connectivity index (χ3n) is 3.71. The first-order valence-electron chi connectivity index (χ1n) is 6.12. The monoisotopic (exact) mass is 252 g/mol. The third-order valence-corrected chi connectivity index (χ3v) is 3.95. The zero-order valence-corrected chi connectivity index (χ0v) is 11.3. The second-order valence-electron chi connectivity index (χ2n) is 5.07. The van der Waals surface area contributed by atoms with E-state index in [1.54, 1.807) is 0 Å². The molecule has 1 saturated carbocycles. The van der Waals surface area contributed by atoms with Crippen molar-refractivity contribution in [2.75, 3.05) is 0 Å². The van der Waals surface area contributed by atoms with Crippen LogP contribution >= 0.6 is 11.6 Å². The molecular weight excluding hydrogens is 236 g/mol. The molecule has 92 valence electrons. The first kappa shape index (κ1) is 11.1. The Morgan fingerprint density at radius 2 is 2.12 bits per heavy atom. The molecule has 0 aliphatic heterocycles. The predicted molar refractivity (Wildman–Crippen MR) is 68.4 cm³/mol. The van der Waals surface area contributed by atoms with Crippen LogP contribution in [-0.2, 0) is 18.0 Å². The van der Waals surface area contributed by atoms with E-state index in [9.17, 15) is 0 Å². The Morgan fingerprint density at radius 3 is 2.65 bits per heavy atom. The van der Waals surface area contributed by atoms with Gasteiger partial charge in [0.15, 0.2) is 5.65 Å². The van der Waals surface area contributed by atoms with Crippen LogP contribution in [0.25, 0.3) is 11.2 Å². The van der Waals surface area contributed by atoms with Gasteiger partial charge in [-0.3, -0.25) is 0 Å². The van der Waals surface area contributed by atoms with Crippen LogP contribution < -0.4 is 0 Å². The molecule has 2 aromatic rings. The van der Waals surface area contributed by atoms with Crippen LogP contribution in [0, 0.1) is 6.92 Å². The number of nitrogens with zero attached hydrogens (tertiary/aromatic N) is 4. The van der Waals surface area contributed by atoms with Gasteiger partial charge in [-0.25, -0.2) is 9.67 Å². The summed E-state index contributed by atoms with van der Waals surface area (Å²) in [6, 6.07) is 0. The molecule has 1 aliphatic carbocycles. The molecule has 2 aromatic heterocycles. The quantitative estimate of drug-likeness (QED) is 0.788. The molecule has 0 aromatic carbocycles. The van der Waals surface area contributed by atoms with E-state index in [-0.39, 0.29) is 5.54 Å². The van der Waals surface area contributed by atoms with Gasteiger partial charge in [0.25, 0.3) is 0 Å². The smallest absolute Gasteiger partial charge is 0.159 e. The standard InChI is InChI=1S/C12H17ClN4/c1-4-16-11-10(8(2)15-16)14-9(7-13)17(11)12(3)5-6-12/h4-7H2,1-3H3. The summed E-state index contributed by atoms with van der Waals surface area (Å²) >= 11 is 6.03. The second kappa shape index (κ2) is 3.48. The Balaban J connectivity index is 2.35. The van der Waals surface area contributed by atoms with Gasteiger partial charge in [-0.05, 0) is 33.6 Å². The molecular formula is C12H17ClN4. The maximum Gasteiger partial charge on any atom is 0.159 e. The zero-order valence-electron chi connectivity index (χ0n) is 10.5. The highest BCUT2D eigenvalue weighted by Gasteiger charge is 2.42. The SMILES string of the molecule is CCn1nc(C)c2nc(CCl)n(C3(C)CC3)c21. The van der Waals surface area contributed by atoms with E-state index in [1.807, 2.05) is 11.6 Å². The van der Waals surface area contributed by atoms with E-state index in [2.05, 4.69) is 28.5 Å². The summed E-state index contributed by atoms with van der Waals surface area (Å²) in [6.07, 6.45) is 2.41. The molecule has 17 heavy (non-hydrogen) atoms. The van der Waals surface area contributed by atoms with Gasteiger partial charge in [0.2, 0.25) is 0 Å². The van der Waals surface area contributed by atoms with Crippen molar-refractivity contribution in [1.82, 2.24) is 19.3 Å². The van der Waals surface area contributed by atoms with Gasteiger partial charge >= 0.3 is 0 Å².